The van der Waals surface area contributed by atoms with Crippen LogP contribution in [0.5, 0.6) is 0 Å². The van der Waals surface area contributed by atoms with E-state index in [1.165, 1.54) is 0 Å². The number of aromatic nitrogens is 1. The Morgan fingerprint density at radius 2 is 2.25 bits per heavy atom. The molecular weight excluding hydrogens is 204 g/mol. The Morgan fingerprint density at radius 3 is 3.06 bits per heavy atom. The summed E-state index contributed by atoms with van der Waals surface area (Å²) in [7, 11) is 0. The number of pyridine rings is 1. The van der Waals surface area contributed by atoms with Gasteiger partial charge in [-0.25, -0.2) is 4.98 Å². The van der Waals surface area contributed by atoms with Gasteiger partial charge in [0.15, 0.2) is 0 Å². The highest BCUT2D eigenvalue weighted by Gasteiger charge is 2.24. The smallest absolute Gasteiger partial charge is 0.257 e. The van der Waals surface area contributed by atoms with Crippen LogP contribution in [0.15, 0.2) is 41.1 Å². The molecule has 1 N–H and O–H groups in total. The summed E-state index contributed by atoms with van der Waals surface area (Å²) in [6.45, 7) is 0. The fraction of sp³-hybridized carbons (Fsp3) is 0. The highest BCUT2D eigenvalue weighted by atomic mass is 16.3. The number of nitrogens with one attached hydrogen (secondary N) is 1. The van der Waals surface area contributed by atoms with Crippen molar-refractivity contribution in [1.29, 1.82) is 0 Å². The molecule has 1 aliphatic rings. The molecule has 1 aliphatic heterocycles. The second-order valence-corrected chi connectivity index (χ2v) is 3.43. The zero-order valence-corrected chi connectivity index (χ0v) is 8.31. The van der Waals surface area contributed by atoms with Gasteiger partial charge in [0.25, 0.3) is 5.91 Å². The molecule has 0 saturated heterocycles. The van der Waals surface area contributed by atoms with E-state index < -0.39 is 0 Å². The van der Waals surface area contributed by atoms with Gasteiger partial charge in [-0.2, -0.15) is 0 Å². The van der Waals surface area contributed by atoms with Gasteiger partial charge in [0.05, 0.1) is 11.8 Å². The van der Waals surface area contributed by atoms with Crippen molar-refractivity contribution in [1.82, 2.24) is 4.98 Å². The number of hydrogen-bond donors (Lipinski definition) is 1. The van der Waals surface area contributed by atoms with Gasteiger partial charge >= 0.3 is 0 Å². The van der Waals surface area contributed by atoms with Gasteiger partial charge in [-0.05, 0) is 30.3 Å². The Hall–Kier alpha value is -2.36. The monoisotopic (exact) mass is 212 g/mol. The van der Waals surface area contributed by atoms with E-state index in [0.29, 0.717) is 17.2 Å². The molecule has 16 heavy (non-hydrogen) atoms. The highest BCUT2D eigenvalue weighted by molar-refractivity contribution is 6.34. The number of anilines is 1. The first-order valence-corrected chi connectivity index (χ1v) is 4.86. The summed E-state index contributed by atoms with van der Waals surface area (Å²) in [4.78, 5) is 15.8. The number of fused-ring (bicyclic) bond motifs is 1. The van der Waals surface area contributed by atoms with Crippen LogP contribution in [0.3, 0.4) is 0 Å². The average molecular weight is 212 g/mol. The van der Waals surface area contributed by atoms with E-state index in [9.17, 15) is 4.79 Å². The minimum atomic E-state index is -0.148. The lowest BCUT2D eigenvalue weighted by atomic mass is 10.1. The second kappa shape index (κ2) is 3.34. The van der Waals surface area contributed by atoms with Gasteiger partial charge in [-0.1, -0.05) is 0 Å². The average Bonchev–Trinajstić information content (AvgIpc) is 2.89. The molecule has 3 rings (SSSR count). The molecular formula is C12H8N2O2. The van der Waals surface area contributed by atoms with Crippen LogP contribution in [-0.4, -0.2) is 10.9 Å². The van der Waals surface area contributed by atoms with Crippen LogP contribution < -0.4 is 5.32 Å². The van der Waals surface area contributed by atoms with E-state index in [0.717, 1.165) is 5.56 Å². The molecule has 2 aromatic rings. The summed E-state index contributed by atoms with van der Waals surface area (Å²) in [5.41, 5.74) is 1.39. The normalized spacial score (nSPS) is 16.2. The molecule has 0 spiro atoms. The van der Waals surface area contributed by atoms with E-state index in [2.05, 4.69) is 10.3 Å². The van der Waals surface area contributed by atoms with Crippen LogP contribution in [-0.2, 0) is 4.79 Å². The topological polar surface area (TPSA) is 55.1 Å². The van der Waals surface area contributed by atoms with Crippen LogP contribution in [0.2, 0.25) is 0 Å². The third-order valence-corrected chi connectivity index (χ3v) is 2.40. The van der Waals surface area contributed by atoms with Gasteiger partial charge in [-0.3, -0.25) is 4.79 Å². The predicted molar refractivity (Wildman–Crippen MR) is 59.4 cm³/mol. The van der Waals surface area contributed by atoms with Crippen LogP contribution in [0.25, 0.3) is 11.6 Å². The van der Waals surface area contributed by atoms with E-state index in [1.807, 2.05) is 6.07 Å². The molecule has 0 aromatic carbocycles. The molecule has 0 fully saturated rings. The molecule has 1 amide bonds. The fourth-order valence-corrected chi connectivity index (χ4v) is 1.68. The Kier molecular flexibility index (Phi) is 1.86. The van der Waals surface area contributed by atoms with E-state index >= 15 is 0 Å². The predicted octanol–water partition coefficient (Wildman–Crippen LogP) is 2.17. The van der Waals surface area contributed by atoms with Gasteiger partial charge in [0, 0.05) is 11.8 Å². The summed E-state index contributed by atoms with van der Waals surface area (Å²) >= 11 is 0. The van der Waals surface area contributed by atoms with Gasteiger partial charge in [-0.15, -0.1) is 0 Å². The lowest BCUT2D eigenvalue weighted by molar-refractivity contribution is -0.110. The Balaban J connectivity index is 2.12. The first-order valence-electron chi connectivity index (χ1n) is 4.86. The number of carbonyl (C=O) groups excluding carboxylic acids is 1. The maximum Gasteiger partial charge on any atom is 0.257 e. The largest absolute Gasteiger partial charge is 0.465 e. The molecule has 0 atom stereocenters. The molecule has 0 unspecified atom stereocenters. The first kappa shape index (κ1) is 8.91. The highest BCUT2D eigenvalue weighted by Crippen LogP contribution is 2.30. The van der Waals surface area contributed by atoms with Crippen molar-refractivity contribution in [2.24, 2.45) is 0 Å². The lowest BCUT2D eigenvalue weighted by Gasteiger charge is -1.94. The number of carbonyl (C=O) groups is 1. The van der Waals surface area contributed by atoms with Crippen LogP contribution in [0, 0.1) is 0 Å². The van der Waals surface area contributed by atoms with Crippen molar-refractivity contribution >= 4 is 23.4 Å². The minimum Gasteiger partial charge on any atom is -0.465 e. The number of furan rings is 1. The summed E-state index contributed by atoms with van der Waals surface area (Å²) in [5.74, 6) is 1.11. The molecule has 3 heterocycles. The lowest BCUT2D eigenvalue weighted by Crippen LogP contribution is -2.04. The second-order valence-electron chi connectivity index (χ2n) is 3.43. The van der Waals surface area contributed by atoms with Gasteiger partial charge < -0.3 is 9.73 Å². The molecule has 0 saturated carbocycles. The van der Waals surface area contributed by atoms with E-state index in [-0.39, 0.29) is 5.91 Å². The summed E-state index contributed by atoms with van der Waals surface area (Å²) in [6, 6.07) is 7.24. The van der Waals surface area contributed by atoms with Crippen LogP contribution >= 0.6 is 0 Å². The molecule has 0 aliphatic carbocycles. The van der Waals surface area contributed by atoms with E-state index in [4.69, 9.17) is 4.42 Å². The zero-order valence-electron chi connectivity index (χ0n) is 8.31. The number of amides is 1. The minimum absolute atomic E-state index is 0.148. The third-order valence-electron chi connectivity index (χ3n) is 2.40. The molecule has 78 valence electrons. The van der Waals surface area contributed by atoms with Crippen LogP contribution in [0.1, 0.15) is 11.3 Å². The maximum absolute atomic E-state index is 11.7. The van der Waals surface area contributed by atoms with Crippen LogP contribution in [0.4, 0.5) is 5.82 Å². The zero-order chi connectivity index (χ0) is 11.0. The standard InChI is InChI=1S/C12H8N2O2/c15-12-10(7-8-3-2-6-16-8)9-4-1-5-13-11(9)14-12/h1-7H,(H,13,14,15)/b10-7+. The van der Waals surface area contributed by atoms with Gasteiger partial charge in [0.2, 0.25) is 0 Å². The SMILES string of the molecule is O=C1Nc2ncccc2/C1=C\c1ccco1. The van der Waals surface area contributed by atoms with Crippen molar-refractivity contribution in [3.63, 3.8) is 0 Å². The van der Waals surface area contributed by atoms with Crippen molar-refractivity contribution in [2.45, 2.75) is 0 Å². The molecule has 2 aromatic heterocycles. The van der Waals surface area contributed by atoms with Crippen molar-refractivity contribution in [3.8, 4) is 0 Å². The van der Waals surface area contributed by atoms with Crippen molar-refractivity contribution in [2.75, 3.05) is 5.32 Å². The molecule has 4 heteroatoms. The third kappa shape index (κ3) is 1.32. The Labute approximate surface area is 91.6 Å². The molecule has 0 bridgehead atoms. The van der Waals surface area contributed by atoms with Crippen molar-refractivity contribution in [3.05, 3.63) is 48.0 Å². The first-order chi connectivity index (χ1) is 7.84. The number of nitrogens with zero attached hydrogens (tertiary/aromatic N) is 1. The van der Waals surface area contributed by atoms with Gasteiger partial charge in [0.1, 0.15) is 11.6 Å². The summed E-state index contributed by atoms with van der Waals surface area (Å²) in [5, 5.41) is 2.70. The Bertz CT molecular complexity index is 570. The fourth-order valence-electron chi connectivity index (χ4n) is 1.68. The quantitative estimate of drug-likeness (QED) is 0.737. The summed E-state index contributed by atoms with van der Waals surface area (Å²) in [6.07, 6.45) is 4.93. The summed E-state index contributed by atoms with van der Waals surface area (Å²) < 4.78 is 5.18. The Morgan fingerprint density at radius 1 is 1.31 bits per heavy atom. The number of hydrogen-bond acceptors (Lipinski definition) is 3. The van der Waals surface area contributed by atoms with E-state index in [1.54, 1.807) is 36.7 Å². The number of rotatable bonds is 1. The van der Waals surface area contributed by atoms with Crippen molar-refractivity contribution < 1.29 is 9.21 Å². The molecule has 0 radical (unpaired) electrons. The molecule has 4 nitrogen and oxygen atoms in total. The maximum atomic E-state index is 11.7.